The molecule has 1 aromatic carbocycles. The highest BCUT2D eigenvalue weighted by Crippen LogP contribution is 2.29. The molecule has 26 heavy (non-hydrogen) atoms. The van der Waals surface area contributed by atoms with Crippen LogP contribution < -0.4 is 10.0 Å². The number of hydrogen-bond donors (Lipinski definition) is 2. The number of anilines is 1. The molecule has 11 heteroatoms. The van der Waals surface area contributed by atoms with Crippen molar-refractivity contribution in [3.05, 3.63) is 45.7 Å². The molecule has 6 nitrogen and oxygen atoms in total. The van der Waals surface area contributed by atoms with Gasteiger partial charge in [-0.25, -0.2) is 26.9 Å². The molecule has 2 heterocycles. The summed E-state index contributed by atoms with van der Waals surface area (Å²) in [6.45, 7) is 0.239. The average molecular weight is 417 g/mol. The van der Waals surface area contributed by atoms with Crippen molar-refractivity contribution in [2.75, 3.05) is 18.1 Å². The molecule has 2 N–H and O–H groups in total. The van der Waals surface area contributed by atoms with E-state index in [2.05, 4.69) is 15.0 Å². The number of aromatic nitrogens is 1. The second-order valence-electron chi connectivity index (χ2n) is 5.39. The van der Waals surface area contributed by atoms with Gasteiger partial charge in [-0.3, -0.25) is 10.1 Å². The number of thiophene rings is 1. The van der Waals surface area contributed by atoms with Crippen LogP contribution in [0.25, 0.3) is 10.2 Å². The van der Waals surface area contributed by atoms with Gasteiger partial charge in [0, 0.05) is 17.5 Å². The molecular formula is C15H13F2N3O3S3. The maximum Gasteiger partial charge on any atom is 0.267 e. The molecule has 0 fully saturated rings. The molecular weight excluding hydrogens is 404 g/mol. The first-order chi connectivity index (χ1) is 12.2. The number of benzene rings is 1. The van der Waals surface area contributed by atoms with Gasteiger partial charge in [0.1, 0.15) is 11.3 Å². The summed E-state index contributed by atoms with van der Waals surface area (Å²) in [7, 11) is -3.25. The molecule has 1 amide bonds. The first-order valence-electron chi connectivity index (χ1n) is 7.31. The van der Waals surface area contributed by atoms with E-state index in [1.54, 1.807) is 12.1 Å². The van der Waals surface area contributed by atoms with Gasteiger partial charge >= 0.3 is 0 Å². The summed E-state index contributed by atoms with van der Waals surface area (Å²) < 4.78 is 51.6. The highest BCUT2D eigenvalue weighted by Gasteiger charge is 2.15. The Bertz CT molecular complexity index is 1080. The van der Waals surface area contributed by atoms with E-state index in [0.29, 0.717) is 16.0 Å². The van der Waals surface area contributed by atoms with Crippen molar-refractivity contribution in [2.24, 2.45) is 0 Å². The van der Waals surface area contributed by atoms with Crippen LogP contribution >= 0.6 is 22.7 Å². The topological polar surface area (TPSA) is 88.2 Å². The van der Waals surface area contributed by atoms with Crippen LogP contribution in [0.4, 0.5) is 13.9 Å². The lowest BCUT2D eigenvalue weighted by molar-refractivity contribution is 0.103. The van der Waals surface area contributed by atoms with E-state index in [4.69, 9.17) is 0 Å². The van der Waals surface area contributed by atoms with Gasteiger partial charge in [-0.15, -0.1) is 11.3 Å². The van der Waals surface area contributed by atoms with Gasteiger partial charge in [-0.2, -0.15) is 0 Å². The number of nitrogens with zero attached hydrogens (tertiary/aromatic N) is 1. The van der Waals surface area contributed by atoms with Crippen LogP contribution in [-0.4, -0.2) is 32.1 Å². The van der Waals surface area contributed by atoms with Crippen molar-refractivity contribution in [2.45, 2.75) is 6.42 Å². The Balaban J connectivity index is 1.68. The summed E-state index contributed by atoms with van der Waals surface area (Å²) in [4.78, 5) is 17.5. The number of nitrogens with one attached hydrogen (secondary N) is 2. The minimum atomic E-state index is -3.25. The van der Waals surface area contributed by atoms with E-state index >= 15 is 0 Å². The fraction of sp³-hybridized carbons (Fsp3) is 0.200. The SMILES string of the molecule is CS(=O)(=O)NCCc1ccc(C(=O)Nc2nc3c(F)cc(F)cc3s2)s1. The highest BCUT2D eigenvalue weighted by molar-refractivity contribution is 7.88. The molecule has 0 aliphatic carbocycles. The Kier molecular flexibility index (Phi) is 5.32. The van der Waals surface area contributed by atoms with Gasteiger partial charge in [0.05, 0.1) is 15.8 Å². The first kappa shape index (κ1) is 18.8. The zero-order valence-corrected chi connectivity index (χ0v) is 15.8. The molecule has 138 valence electrons. The second kappa shape index (κ2) is 7.35. The Morgan fingerprint density at radius 1 is 1.23 bits per heavy atom. The van der Waals surface area contributed by atoms with Crippen LogP contribution in [0.5, 0.6) is 0 Å². The molecule has 0 atom stereocenters. The number of rotatable bonds is 6. The Morgan fingerprint density at radius 3 is 2.73 bits per heavy atom. The third-order valence-corrected chi connectivity index (χ3v) is 6.04. The summed E-state index contributed by atoms with van der Waals surface area (Å²) in [5.74, 6) is -1.91. The van der Waals surface area contributed by atoms with E-state index in [9.17, 15) is 22.0 Å². The van der Waals surface area contributed by atoms with Crippen LogP contribution in [0.2, 0.25) is 0 Å². The first-order valence-corrected chi connectivity index (χ1v) is 10.8. The summed E-state index contributed by atoms with van der Waals surface area (Å²) in [5.41, 5.74) is 0.00502. The van der Waals surface area contributed by atoms with Gasteiger partial charge in [0.15, 0.2) is 10.9 Å². The van der Waals surface area contributed by atoms with E-state index in [1.807, 2.05) is 0 Å². The third-order valence-electron chi connectivity index (χ3n) is 3.25. The molecule has 0 radical (unpaired) electrons. The zero-order chi connectivity index (χ0) is 18.9. The molecule has 2 aromatic heterocycles. The lowest BCUT2D eigenvalue weighted by atomic mass is 10.3. The number of thiazole rings is 1. The van der Waals surface area contributed by atoms with Crippen LogP contribution in [0.15, 0.2) is 24.3 Å². The number of fused-ring (bicyclic) bond motifs is 1. The number of carbonyl (C=O) groups is 1. The van der Waals surface area contributed by atoms with E-state index < -0.39 is 27.6 Å². The van der Waals surface area contributed by atoms with Crippen LogP contribution in [0.1, 0.15) is 14.5 Å². The molecule has 0 aliphatic rings. The predicted molar refractivity (Wildman–Crippen MR) is 98.4 cm³/mol. The maximum absolute atomic E-state index is 13.7. The van der Waals surface area contributed by atoms with E-state index in [-0.39, 0.29) is 17.2 Å². The van der Waals surface area contributed by atoms with Gasteiger partial charge in [-0.1, -0.05) is 11.3 Å². The lowest BCUT2D eigenvalue weighted by Gasteiger charge is -2.00. The summed E-state index contributed by atoms with van der Waals surface area (Å²) in [5, 5.41) is 2.74. The molecule has 0 saturated heterocycles. The molecule has 0 spiro atoms. The van der Waals surface area contributed by atoms with E-state index in [1.165, 1.54) is 11.3 Å². The fourth-order valence-corrected chi connectivity index (χ4v) is 4.44. The molecule has 0 unspecified atom stereocenters. The van der Waals surface area contributed by atoms with Crippen molar-refractivity contribution >= 4 is 54.0 Å². The number of hydrogen-bond acceptors (Lipinski definition) is 6. The summed E-state index contributed by atoms with van der Waals surface area (Å²) in [6, 6.07) is 5.24. The number of carbonyl (C=O) groups excluding carboxylic acids is 1. The van der Waals surface area contributed by atoms with Gasteiger partial charge in [-0.05, 0) is 24.6 Å². The minimum Gasteiger partial charge on any atom is -0.297 e. The van der Waals surface area contributed by atoms with Crippen molar-refractivity contribution in [3.63, 3.8) is 0 Å². The molecule has 3 aromatic rings. The van der Waals surface area contributed by atoms with Gasteiger partial charge in [0.25, 0.3) is 5.91 Å². The summed E-state index contributed by atoms with van der Waals surface area (Å²) >= 11 is 2.20. The van der Waals surface area contributed by atoms with Crippen molar-refractivity contribution in [1.82, 2.24) is 9.71 Å². The van der Waals surface area contributed by atoms with Crippen LogP contribution in [-0.2, 0) is 16.4 Å². The third kappa shape index (κ3) is 4.61. The largest absolute Gasteiger partial charge is 0.297 e. The van der Waals surface area contributed by atoms with Gasteiger partial charge < -0.3 is 0 Å². The Labute approximate surface area is 155 Å². The normalized spacial score (nSPS) is 11.8. The smallest absolute Gasteiger partial charge is 0.267 e. The Hall–Kier alpha value is -1.95. The van der Waals surface area contributed by atoms with E-state index in [0.717, 1.165) is 34.6 Å². The van der Waals surface area contributed by atoms with Gasteiger partial charge in [0.2, 0.25) is 10.0 Å². The summed E-state index contributed by atoms with van der Waals surface area (Å²) in [6.07, 6.45) is 1.53. The van der Waals surface area contributed by atoms with Crippen LogP contribution in [0, 0.1) is 11.6 Å². The highest BCUT2D eigenvalue weighted by atomic mass is 32.2. The maximum atomic E-state index is 13.7. The average Bonchev–Trinajstić information content (AvgIpc) is 3.12. The molecule has 0 saturated carbocycles. The van der Waals surface area contributed by atoms with Crippen molar-refractivity contribution in [1.29, 1.82) is 0 Å². The second-order valence-corrected chi connectivity index (χ2v) is 9.42. The predicted octanol–water partition coefficient (Wildman–Crippen LogP) is 2.98. The standard InChI is InChI=1S/C15H13F2N3O3S3/c1-26(22,23)18-5-4-9-2-3-11(24-9)14(21)20-15-19-13-10(17)6-8(16)7-12(13)25-15/h2-3,6-7,18H,4-5H2,1H3,(H,19,20,21). The monoisotopic (exact) mass is 417 g/mol. The lowest BCUT2D eigenvalue weighted by Crippen LogP contribution is -2.24. The van der Waals surface area contributed by atoms with Crippen molar-refractivity contribution in [3.8, 4) is 0 Å². The van der Waals surface area contributed by atoms with Crippen LogP contribution in [0.3, 0.4) is 0 Å². The van der Waals surface area contributed by atoms with Crippen molar-refractivity contribution < 1.29 is 22.0 Å². The Morgan fingerprint density at radius 2 is 2.00 bits per heavy atom. The molecule has 0 aliphatic heterocycles. The quantitative estimate of drug-likeness (QED) is 0.645. The molecule has 0 bridgehead atoms. The zero-order valence-electron chi connectivity index (χ0n) is 13.4. The number of sulfonamides is 1. The molecule has 3 rings (SSSR count). The number of halogens is 2. The minimum absolute atomic E-state index is 0.00502. The number of amides is 1. The fourth-order valence-electron chi connectivity index (χ4n) is 2.16.